The zero-order valence-electron chi connectivity index (χ0n) is 26.7. The van der Waals surface area contributed by atoms with Crippen LogP contribution in [0.1, 0.15) is 23.6 Å². The predicted molar refractivity (Wildman–Crippen MR) is 205 cm³/mol. The van der Waals surface area contributed by atoms with Gasteiger partial charge in [-0.15, -0.1) is 0 Å². The molecule has 0 fully saturated rings. The molecule has 0 bridgehead atoms. The van der Waals surface area contributed by atoms with Gasteiger partial charge in [-0.1, -0.05) is 170 Å². The Labute approximate surface area is 280 Å². The predicted octanol–water partition coefficient (Wildman–Crippen LogP) is 13.0. The summed E-state index contributed by atoms with van der Waals surface area (Å²) in [5.74, 6) is 0. The smallest absolute Gasteiger partial charge is 0.0435 e. The molecule has 1 aliphatic rings. The molecule has 9 aromatic rings. The van der Waals surface area contributed by atoms with E-state index in [9.17, 15) is 0 Å². The summed E-state index contributed by atoms with van der Waals surface area (Å²) in [5, 5.41) is 10.3. The van der Waals surface area contributed by atoms with Crippen molar-refractivity contribution in [1.82, 2.24) is 0 Å². The molecule has 0 aliphatic heterocycles. The Kier molecular flexibility index (Phi) is 5.81. The van der Waals surface area contributed by atoms with Crippen molar-refractivity contribution in [3.63, 3.8) is 0 Å². The van der Waals surface area contributed by atoms with Gasteiger partial charge in [0.05, 0.1) is 0 Å². The quantitative estimate of drug-likeness (QED) is 0.138. The van der Waals surface area contributed by atoms with E-state index in [-0.39, 0.29) is 5.41 Å². The fourth-order valence-electron chi connectivity index (χ4n) is 8.70. The van der Waals surface area contributed by atoms with E-state index in [1.54, 1.807) is 0 Å². The van der Waals surface area contributed by atoms with E-state index in [4.69, 9.17) is 0 Å². The SMILES string of the molecule is CC1(c2ccccc2)c2cc(-c3c4ccccc4c(-c4ccccc4)c4c3ccc3ccccc34)ccc2-c2c1ccc1ccccc21. The van der Waals surface area contributed by atoms with Gasteiger partial charge in [-0.05, 0) is 106 Å². The first-order chi connectivity index (χ1) is 23.7. The molecule has 9 aromatic carbocycles. The summed E-state index contributed by atoms with van der Waals surface area (Å²) >= 11 is 0. The van der Waals surface area contributed by atoms with Crippen LogP contribution in [0, 0.1) is 0 Å². The van der Waals surface area contributed by atoms with E-state index in [0.29, 0.717) is 0 Å². The molecule has 0 aromatic heterocycles. The lowest BCUT2D eigenvalue weighted by atomic mass is 9.73. The minimum absolute atomic E-state index is 0.297. The van der Waals surface area contributed by atoms with Crippen LogP contribution in [-0.4, -0.2) is 0 Å². The Morgan fingerprint density at radius 3 is 1.69 bits per heavy atom. The highest BCUT2D eigenvalue weighted by Crippen LogP contribution is 2.56. The van der Waals surface area contributed by atoms with Crippen LogP contribution >= 0.6 is 0 Å². The fraction of sp³-hybridized carbons (Fsp3) is 0.0417. The number of benzene rings is 9. The summed E-state index contributed by atoms with van der Waals surface area (Å²) in [7, 11) is 0. The molecular formula is C48H32. The molecule has 10 rings (SSSR count). The van der Waals surface area contributed by atoms with Crippen LogP contribution in [0.3, 0.4) is 0 Å². The van der Waals surface area contributed by atoms with Gasteiger partial charge >= 0.3 is 0 Å². The van der Waals surface area contributed by atoms with Gasteiger partial charge in [0, 0.05) is 5.41 Å². The highest BCUT2D eigenvalue weighted by Gasteiger charge is 2.41. The summed E-state index contributed by atoms with van der Waals surface area (Å²) < 4.78 is 0. The monoisotopic (exact) mass is 608 g/mol. The van der Waals surface area contributed by atoms with Gasteiger partial charge in [0.25, 0.3) is 0 Å². The van der Waals surface area contributed by atoms with E-state index >= 15 is 0 Å². The first-order valence-electron chi connectivity index (χ1n) is 16.9. The number of hydrogen-bond acceptors (Lipinski definition) is 0. The van der Waals surface area contributed by atoms with Crippen molar-refractivity contribution in [3.8, 4) is 33.4 Å². The van der Waals surface area contributed by atoms with Gasteiger partial charge < -0.3 is 0 Å². The zero-order chi connectivity index (χ0) is 31.8. The van der Waals surface area contributed by atoms with Crippen molar-refractivity contribution in [1.29, 1.82) is 0 Å². The average Bonchev–Trinajstić information content (AvgIpc) is 3.42. The van der Waals surface area contributed by atoms with Crippen LogP contribution < -0.4 is 0 Å². The molecule has 1 aliphatic carbocycles. The maximum absolute atomic E-state index is 2.51. The van der Waals surface area contributed by atoms with Gasteiger partial charge in [-0.3, -0.25) is 0 Å². The molecule has 48 heavy (non-hydrogen) atoms. The molecule has 1 unspecified atom stereocenters. The van der Waals surface area contributed by atoms with Crippen molar-refractivity contribution in [2.75, 3.05) is 0 Å². The first-order valence-corrected chi connectivity index (χ1v) is 16.9. The zero-order valence-corrected chi connectivity index (χ0v) is 26.7. The van der Waals surface area contributed by atoms with E-state index in [1.807, 2.05) is 0 Å². The van der Waals surface area contributed by atoms with E-state index in [0.717, 1.165) is 0 Å². The lowest BCUT2D eigenvalue weighted by Gasteiger charge is -2.29. The number of fused-ring (bicyclic) bond motifs is 9. The van der Waals surface area contributed by atoms with Gasteiger partial charge in [-0.2, -0.15) is 0 Å². The second-order valence-electron chi connectivity index (χ2n) is 13.3. The molecular weight excluding hydrogens is 577 g/mol. The maximum atomic E-state index is 2.51. The summed E-state index contributed by atoms with van der Waals surface area (Å²) in [4.78, 5) is 0. The van der Waals surface area contributed by atoms with Crippen LogP contribution in [0.4, 0.5) is 0 Å². The van der Waals surface area contributed by atoms with Crippen molar-refractivity contribution >= 4 is 43.1 Å². The van der Waals surface area contributed by atoms with Crippen LogP contribution in [0.5, 0.6) is 0 Å². The van der Waals surface area contributed by atoms with Crippen molar-refractivity contribution < 1.29 is 0 Å². The van der Waals surface area contributed by atoms with Crippen LogP contribution in [0.25, 0.3) is 76.5 Å². The molecule has 0 radical (unpaired) electrons. The second kappa shape index (κ2) is 10.3. The van der Waals surface area contributed by atoms with Crippen LogP contribution in [-0.2, 0) is 5.41 Å². The molecule has 0 saturated carbocycles. The van der Waals surface area contributed by atoms with Crippen LogP contribution in [0.2, 0.25) is 0 Å². The van der Waals surface area contributed by atoms with E-state index < -0.39 is 0 Å². The Morgan fingerprint density at radius 2 is 0.938 bits per heavy atom. The maximum Gasteiger partial charge on any atom is 0.0435 e. The minimum Gasteiger partial charge on any atom is -0.0622 e. The molecule has 0 heteroatoms. The van der Waals surface area contributed by atoms with Crippen molar-refractivity contribution in [2.24, 2.45) is 0 Å². The third kappa shape index (κ3) is 3.72. The normalized spacial score (nSPS) is 15.3. The lowest BCUT2D eigenvalue weighted by molar-refractivity contribution is 0.715. The van der Waals surface area contributed by atoms with E-state index in [2.05, 4.69) is 183 Å². The summed E-state index contributed by atoms with van der Waals surface area (Å²) in [6.07, 6.45) is 0. The van der Waals surface area contributed by atoms with Gasteiger partial charge in [-0.25, -0.2) is 0 Å². The molecule has 0 saturated heterocycles. The topological polar surface area (TPSA) is 0 Å². The molecule has 0 nitrogen and oxygen atoms in total. The molecule has 1 atom stereocenters. The lowest BCUT2D eigenvalue weighted by Crippen LogP contribution is -2.22. The van der Waals surface area contributed by atoms with Gasteiger partial charge in [0.2, 0.25) is 0 Å². The molecule has 0 N–H and O–H groups in total. The highest BCUT2D eigenvalue weighted by atomic mass is 14.4. The number of rotatable bonds is 3. The molecule has 0 amide bonds. The fourth-order valence-corrected chi connectivity index (χ4v) is 8.70. The summed E-state index contributed by atoms with van der Waals surface area (Å²) in [6, 6.07) is 65.3. The Balaban J connectivity index is 1.34. The highest BCUT2D eigenvalue weighted by molar-refractivity contribution is 6.28. The van der Waals surface area contributed by atoms with Crippen LogP contribution in [0.15, 0.2) is 176 Å². The minimum atomic E-state index is -0.297. The Hall–Kier alpha value is -5.98. The average molecular weight is 609 g/mol. The van der Waals surface area contributed by atoms with Gasteiger partial charge in [0.15, 0.2) is 0 Å². The third-order valence-electron chi connectivity index (χ3n) is 10.9. The largest absolute Gasteiger partial charge is 0.0622 e. The first kappa shape index (κ1) is 27.2. The molecule has 0 heterocycles. The Bertz CT molecular complexity index is 2720. The van der Waals surface area contributed by atoms with Gasteiger partial charge in [0.1, 0.15) is 0 Å². The molecule has 0 spiro atoms. The standard InChI is InChI=1S/C48H32/c1-48(35-18-6-3-7-19-35)42-29-26-32-15-8-10-20-36(32)46(42)40-27-25-34(30-43(40)48)44-38-22-12-13-23-39(38)45(33-16-4-2-5-17-33)47-37-21-11-9-14-31(37)24-28-41(44)47/h2-30H,1H3. The summed E-state index contributed by atoms with van der Waals surface area (Å²) in [5.41, 5.74) is 11.5. The van der Waals surface area contributed by atoms with E-state index in [1.165, 1.54) is 93.2 Å². The number of hydrogen-bond donors (Lipinski definition) is 0. The third-order valence-corrected chi connectivity index (χ3v) is 10.9. The van der Waals surface area contributed by atoms with Crippen molar-refractivity contribution in [2.45, 2.75) is 12.3 Å². The Morgan fingerprint density at radius 1 is 0.354 bits per heavy atom. The summed E-state index contributed by atoms with van der Waals surface area (Å²) in [6.45, 7) is 2.42. The molecule has 224 valence electrons. The van der Waals surface area contributed by atoms with Crippen molar-refractivity contribution in [3.05, 3.63) is 193 Å². The second-order valence-corrected chi connectivity index (χ2v) is 13.3.